The number of fused-ring (bicyclic) bond motifs is 3. The SMILES string of the molecule is CC(O)CCn1c(CN2C(=O)C3(CN(C(=O)O)C3)c3ccccc32)nc2c1CCCC2. The molecular formula is C23H28N4O4. The van der Waals surface area contributed by atoms with Crippen LogP contribution in [-0.4, -0.2) is 55.9 Å². The molecule has 5 rings (SSSR count). The number of hydrogen-bond acceptors (Lipinski definition) is 4. The molecule has 1 aromatic heterocycles. The maximum Gasteiger partial charge on any atom is 0.407 e. The van der Waals surface area contributed by atoms with Gasteiger partial charge in [0.05, 0.1) is 18.3 Å². The number of aromatic nitrogens is 2. The number of anilines is 1. The molecule has 0 radical (unpaired) electrons. The van der Waals surface area contributed by atoms with E-state index in [-0.39, 0.29) is 19.0 Å². The van der Waals surface area contributed by atoms with E-state index in [1.807, 2.05) is 24.3 Å². The highest BCUT2D eigenvalue weighted by Crippen LogP contribution is 2.47. The van der Waals surface area contributed by atoms with Crippen LogP contribution in [0.25, 0.3) is 0 Å². The Morgan fingerprint density at radius 3 is 2.71 bits per heavy atom. The second-order valence-electron chi connectivity index (χ2n) is 9.05. The molecule has 3 aliphatic rings. The van der Waals surface area contributed by atoms with Crippen molar-refractivity contribution >= 4 is 17.7 Å². The van der Waals surface area contributed by atoms with E-state index in [1.54, 1.807) is 11.8 Å². The molecule has 0 saturated carbocycles. The number of aliphatic hydroxyl groups excluding tert-OH is 1. The number of carbonyl (C=O) groups excluding carboxylic acids is 1. The van der Waals surface area contributed by atoms with Gasteiger partial charge in [0.1, 0.15) is 11.2 Å². The van der Waals surface area contributed by atoms with Crippen LogP contribution in [0.2, 0.25) is 0 Å². The number of hydrogen-bond donors (Lipinski definition) is 2. The van der Waals surface area contributed by atoms with E-state index in [0.717, 1.165) is 48.5 Å². The lowest BCUT2D eigenvalue weighted by molar-refractivity contribution is -0.128. The molecule has 0 bridgehead atoms. The molecule has 1 aliphatic carbocycles. The molecule has 1 fully saturated rings. The van der Waals surface area contributed by atoms with Gasteiger partial charge < -0.3 is 24.6 Å². The van der Waals surface area contributed by atoms with E-state index in [2.05, 4.69) is 4.57 Å². The lowest BCUT2D eigenvalue weighted by atomic mass is 9.75. The minimum Gasteiger partial charge on any atom is -0.465 e. The first-order valence-electron chi connectivity index (χ1n) is 11.1. The van der Waals surface area contributed by atoms with Crippen molar-refractivity contribution in [2.24, 2.45) is 0 Å². The quantitative estimate of drug-likeness (QED) is 0.768. The maximum atomic E-state index is 13.6. The standard InChI is InChI=1S/C23H28N4O4/c1-15(28)10-11-26-19-9-5-3-7-17(19)24-20(26)12-27-18-8-4-2-6-16(18)23(21(27)29)13-25(14-23)22(30)31/h2,4,6,8,15,28H,3,5,7,9-14H2,1H3,(H,30,31). The highest BCUT2D eigenvalue weighted by molar-refractivity contribution is 6.09. The lowest BCUT2D eigenvalue weighted by Gasteiger charge is -2.45. The number of carbonyl (C=O) groups is 2. The van der Waals surface area contributed by atoms with Gasteiger partial charge in [-0.15, -0.1) is 0 Å². The highest BCUT2D eigenvalue weighted by Gasteiger charge is 2.59. The van der Waals surface area contributed by atoms with Crippen molar-refractivity contribution in [2.75, 3.05) is 18.0 Å². The number of imidazole rings is 1. The largest absolute Gasteiger partial charge is 0.465 e. The van der Waals surface area contributed by atoms with Gasteiger partial charge in [-0.1, -0.05) is 18.2 Å². The van der Waals surface area contributed by atoms with Gasteiger partial charge in [0, 0.05) is 31.0 Å². The molecule has 3 heterocycles. The minimum absolute atomic E-state index is 0.0470. The molecular weight excluding hydrogens is 396 g/mol. The van der Waals surface area contributed by atoms with Crippen molar-refractivity contribution in [2.45, 2.75) is 63.6 Å². The van der Waals surface area contributed by atoms with Gasteiger partial charge in [-0.25, -0.2) is 9.78 Å². The van der Waals surface area contributed by atoms with Gasteiger partial charge in [0.25, 0.3) is 0 Å². The zero-order chi connectivity index (χ0) is 21.8. The number of carboxylic acid groups (broad SMARTS) is 1. The molecule has 2 amide bonds. The minimum atomic E-state index is -0.990. The van der Waals surface area contributed by atoms with Crippen LogP contribution in [-0.2, 0) is 36.1 Å². The van der Waals surface area contributed by atoms with Crippen LogP contribution >= 0.6 is 0 Å². The van der Waals surface area contributed by atoms with Crippen molar-refractivity contribution in [1.29, 1.82) is 0 Å². The number of aliphatic hydroxyl groups is 1. The average Bonchev–Trinajstić information content (AvgIpc) is 3.18. The van der Waals surface area contributed by atoms with Crippen molar-refractivity contribution < 1.29 is 19.8 Å². The molecule has 2 N–H and O–H groups in total. The molecule has 1 unspecified atom stereocenters. The third-order valence-electron chi connectivity index (χ3n) is 6.94. The summed E-state index contributed by atoms with van der Waals surface area (Å²) >= 11 is 0. The normalized spacial score (nSPS) is 19.9. The van der Waals surface area contributed by atoms with E-state index in [4.69, 9.17) is 4.98 Å². The molecule has 1 spiro atoms. The fraction of sp³-hybridized carbons (Fsp3) is 0.522. The summed E-state index contributed by atoms with van der Waals surface area (Å²) in [5.41, 5.74) is 3.32. The second kappa shape index (κ2) is 7.37. The van der Waals surface area contributed by atoms with Crippen molar-refractivity contribution in [3.8, 4) is 0 Å². The van der Waals surface area contributed by atoms with E-state index in [0.29, 0.717) is 19.5 Å². The van der Waals surface area contributed by atoms with E-state index in [9.17, 15) is 19.8 Å². The first kappa shape index (κ1) is 20.1. The number of likely N-dealkylation sites (tertiary alicyclic amines) is 1. The number of para-hydroxylation sites is 1. The molecule has 8 nitrogen and oxygen atoms in total. The number of nitrogens with zero attached hydrogens (tertiary/aromatic N) is 4. The summed E-state index contributed by atoms with van der Waals surface area (Å²) in [4.78, 5) is 32.9. The van der Waals surface area contributed by atoms with Crippen LogP contribution in [0.5, 0.6) is 0 Å². The second-order valence-corrected chi connectivity index (χ2v) is 9.05. The molecule has 31 heavy (non-hydrogen) atoms. The summed E-state index contributed by atoms with van der Waals surface area (Å²) < 4.78 is 2.20. The summed E-state index contributed by atoms with van der Waals surface area (Å²) in [6.07, 6.45) is 3.43. The van der Waals surface area contributed by atoms with E-state index < -0.39 is 17.6 Å². The lowest BCUT2D eigenvalue weighted by Crippen LogP contribution is -2.65. The Balaban J connectivity index is 1.49. The van der Waals surface area contributed by atoms with Crippen LogP contribution in [0, 0.1) is 0 Å². The van der Waals surface area contributed by atoms with E-state index >= 15 is 0 Å². The van der Waals surface area contributed by atoms with Crippen LogP contribution in [0.3, 0.4) is 0 Å². The molecule has 1 atom stereocenters. The Bertz CT molecular complexity index is 1040. The molecule has 1 saturated heterocycles. The molecule has 2 aliphatic heterocycles. The maximum absolute atomic E-state index is 13.6. The fourth-order valence-corrected chi connectivity index (χ4v) is 5.30. The summed E-state index contributed by atoms with van der Waals surface area (Å²) in [6, 6.07) is 7.70. The Morgan fingerprint density at radius 2 is 1.97 bits per heavy atom. The predicted molar refractivity (Wildman–Crippen MR) is 114 cm³/mol. The summed E-state index contributed by atoms with van der Waals surface area (Å²) in [5.74, 6) is 0.802. The number of aryl methyl sites for hydroxylation is 1. The zero-order valence-electron chi connectivity index (χ0n) is 17.8. The van der Waals surface area contributed by atoms with Crippen molar-refractivity contribution in [1.82, 2.24) is 14.5 Å². The third kappa shape index (κ3) is 3.12. The highest BCUT2D eigenvalue weighted by atomic mass is 16.4. The first-order chi connectivity index (χ1) is 14.9. The van der Waals surface area contributed by atoms with Crippen molar-refractivity contribution in [3.63, 3.8) is 0 Å². The van der Waals surface area contributed by atoms with Gasteiger partial charge in [-0.3, -0.25) is 4.79 Å². The van der Waals surface area contributed by atoms with E-state index in [1.165, 1.54) is 10.6 Å². The summed E-state index contributed by atoms with van der Waals surface area (Å²) in [7, 11) is 0. The van der Waals surface area contributed by atoms with Crippen LogP contribution in [0.15, 0.2) is 24.3 Å². The summed E-state index contributed by atoms with van der Waals surface area (Å²) in [6.45, 7) is 3.22. The Hall–Kier alpha value is -2.87. The number of rotatable bonds is 5. The van der Waals surface area contributed by atoms with Crippen LogP contribution < -0.4 is 4.90 Å². The zero-order valence-corrected chi connectivity index (χ0v) is 17.8. The molecule has 1 aromatic carbocycles. The first-order valence-corrected chi connectivity index (χ1v) is 11.1. The van der Waals surface area contributed by atoms with Gasteiger partial charge >= 0.3 is 6.09 Å². The fourth-order valence-electron chi connectivity index (χ4n) is 5.30. The number of benzene rings is 1. The number of amides is 2. The van der Waals surface area contributed by atoms with Gasteiger partial charge in [-0.05, 0) is 50.7 Å². The molecule has 2 aromatic rings. The van der Waals surface area contributed by atoms with Gasteiger partial charge in [-0.2, -0.15) is 0 Å². The third-order valence-corrected chi connectivity index (χ3v) is 6.94. The topological polar surface area (TPSA) is 98.9 Å². The smallest absolute Gasteiger partial charge is 0.407 e. The molecule has 164 valence electrons. The monoisotopic (exact) mass is 424 g/mol. The van der Waals surface area contributed by atoms with Gasteiger partial charge in [0.2, 0.25) is 5.91 Å². The summed E-state index contributed by atoms with van der Waals surface area (Å²) in [5, 5.41) is 19.1. The Morgan fingerprint density at radius 1 is 1.23 bits per heavy atom. The van der Waals surface area contributed by atoms with Crippen LogP contribution in [0.1, 0.15) is 49.0 Å². The molecule has 8 heteroatoms. The van der Waals surface area contributed by atoms with Crippen molar-refractivity contribution in [3.05, 3.63) is 47.0 Å². The van der Waals surface area contributed by atoms with Gasteiger partial charge in [0.15, 0.2) is 0 Å². The average molecular weight is 425 g/mol. The Kier molecular flexibility index (Phi) is 4.77. The Labute approximate surface area is 181 Å². The van der Waals surface area contributed by atoms with Crippen LogP contribution in [0.4, 0.5) is 10.5 Å². The predicted octanol–water partition coefficient (Wildman–Crippen LogP) is 2.31.